The Labute approximate surface area is 95.2 Å². The minimum atomic E-state index is -1.02. The summed E-state index contributed by atoms with van der Waals surface area (Å²) >= 11 is 0. The third-order valence-electron chi connectivity index (χ3n) is 2.95. The van der Waals surface area contributed by atoms with E-state index in [-0.39, 0.29) is 18.6 Å². The lowest BCUT2D eigenvalue weighted by molar-refractivity contribution is -0.135. The molecule has 0 unspecified atom stereocenters. The lowest BCUT2D eigenvalue weighted by Gasteiger charge is -2.34. The highest BCUT2D eigenvalue weighted by Gasteiger charge is 2.23. The Hall–Kier alpha value is -1.30. The number of amides is 2. The molecule has 0 bridgehead atoms. The monoisotopic (exact) mass is 229 g/mol. The van der Waals surface area contributed by atoms with Crippen LogP contribution in [0.15, 0.2) is 0 Å². The molecule has 6 heteroatoms. The summed E-state index contributed by atoms with van der Waals surface area (Å²) in [5, 5.41) is 10.8. The number of carboxylic acids is 1. The third kappa shape index (κ3) is 3.69. The smallest absolute Gasteiger partial charge is 0.323 e. The maximum absolute atomic E-state index is 11.6. The summed E-state index contributed by atoms with van der Waals surface area (Å²) in [5.41, 5.74) is 0. The highest BCUT2D eigenvalue weighted by molar-refractivity contribution is 5.79. The minimum Gasteiger partial charge on any atom is -0.480 e. The maximum atomic E-state index is 11.6. The Bertz CT molecular complexity index is 262. The van der Waals surface area contributed by atoms with Crippen molar-refractivity contribution in [2.24, 2.45) is 0 Å². The zero-order chi connectivity index (χ0) is 12.1. The number of nitrogens with one attached hydrogen (secondary N) is 1. The molecule has 1 aliphatic heterocycles. The molecule has 6 nitrogen and oxygen atoms in total. The predicted octanol–water partition coefficient (Wildman–Crippen LogP) is -0.193. The number of nitrogens with zero attached hydrogens (tertiary/aromatic N) is 2. The normalized spacial score (nSPS) is 18.1. The first-order valence-electron chi connectivity index (χ1n) is 5.41. The first-order chi connectivity index (χ1) is 7.50. The van der Waals surface area contributed by atoms with Gasteiger partial charge in [-0.25, -0.2) is 4.79 Å². The van der Waals surface area contributed by atoms with Gasteiger partial charge in [-0.3, -0.25) is 4.79 Å². The van der Waals surface area contributed by atoms with Crippen LogP contribution in [-0.4, -0.2) is 66.7 Å². The van der Waals surface area contributed by atoms with E-state index in [0.29, 0.717) is 0 Å². The second-order valence-electron chi connectivity index (χ2n) is 4.20. The molecule has 1 heterocycles. The van der Waals surface area contributed by atoms with Gasteiger partial charge in [0.25, 0.3) is 0 Å². The summed E-state index contributed by atoms with van der Waals surface area (Å²) in [5.74, 6) is -1.02. The number of carboxylic acid groups (broad SMARTS) is 1. The number of urea groups is 1. The van der Waals surface area contributed by atoms with E-state index < -0.39 is 5.97 Å². The molecule has 0 aliphatic carbocycles. The highest BCUT2D eigenvalue weighted by atomic mass is 16.4. The average molecular weight is 229 g/mol. The number of likely N-dealkylation sites (tertiary alicyclic amines) is 1. The summed E-state index contributed by atoms with van der Waals surface area (Å²) in [6.45, 7) is 1.62. The zero-order valence-corrected chi connectivity index (χ0v) is 9.77. The SMILES string of the molecule is CN1CCC(N(C)C(=O)NCC(=O)O)CC1. The molecule has 0 aromatic heterocycles. The number of rotatable bonds is 3. The Morgan fingerprint density at radius 2 is 2.00 bits per heavy atom. The fourth-order valence-corrected chi connectivity index (χ4v) is 1.82. The number of piperidine rings is 1. The van der Waals surface area contributed by atoms with Crippen LogP contribution in [0.5, 0.6) is 0 Å². The molecule has 1 saturated heterocycles. The van der Waals surface area contributed by atoms with Gasteiger partial charge >= 0.3 is 12.0 Å². The largest absolute Gasteiger partial charge is 0.480 e. The predicted molar refractivity (Wildman–Crippen MR) is 59.3 cm³/mol. The number of carbonyl (C=O) groups is 2. The summed E-state index contributed by atoms with van der Waals surface area (Å²) in [6, 6.07) is -0.0954. The lowest BCUT2D eigenvalue weighted by Crippen LogP contribution is -2.48. The first kappa shape index (κ1) is 12.8. The van der Waals surface area contributed by atoms with E-state index in [9.17, 15) is 9.59 Å². The van der Waals surface area contributed by atoms with E-state index in [1.54, 1.807) is 11.9 Å². The topological polar surface area (TPSA) is 72.9 Å². The van der Waals surface area contributed by atoms with Gasteiger partial charge in [0.2, 0.25) is 0 Å². The molecule has 0 atom stereocenters. The molecule has 0 saturated carbocycles. The molecular weight excluding hydrogens is 210 g/mol. The van der Waals surface area contributed by atoms with Crippen LogP contribution >= 0.6 is 0 Å². The quantitative estimate of drug-likeness (QED) is 0.703. The minimum absolute atomic E-state index is 0.213. The molecule has 0 aromatic rings. The molecule has 92 valence electrons. The van der Waals surface area contributed by atoms with Gasteiger partial charge in [-0.15, -0.1) is 0 Å². The highest BCUT2D eigenvalue weighted by Crippen LogP contribution is 2.13. The van der Waals surface area contributed by atoms with Gasteiger partial charge in [0.15, 0.2) is 0 Å². The second-order valence-corrected chi connectivity index (χ2v) is 4.20. The molecular formula is C10H19N3O3. The lowest BCUT2D eigenvalue weighted by atomic mass is 10.0. The molecule has 2 amide bonds. The third-order valence-corrected chi connectivity index (χ3v) is 2.95. The van der Waals surface area contributed by atoms with Crippen molar-refractivity contribution in [2.45, 2.75) is 18.9 Å². The molecule has 1 rings (SSSR count). The molecule has 0 aromatic carbocycles. The van der Waals surface area contributed by atoms with Crippen molar-refractivity contribution in [3.63, 3.8) is 0 Å². The van der Waals surface area contributed by atoms with Gasteiger partial charge in [-0.05, 0) is 33.0 Å². The van der Waals surface area contributed by atoms with Crippen LogP contribution in [0.25, 0.3) is 0 Å². The van der Waals surface area contributed by atoms with Gasteiger partial charge < -0.3 is 20.2 Å². The van der Waals surface area contributed by atoms with Crippen molar-refractivity contribution in [3.05, 3.63) is 0 Å². The van der Waals surface area contributed by atoms with Crippen LogP contribution in [0.4, 0.5) is 4.79 Å². The first-order valence-corrected chi connectivity index (χ1v) is 5.41. The van der Waals surface area contributed by atoms with Crippen LogP contribution in [0.2, 0.25) is 0 Å². The fourth-order valence-electron chi connectivity index (χ4n) is 1.82. The van der Waals surface area contributed by atoms with E-state index in [0.717, 1.165) is 25.9 Å². The van der Waals surface area contributed by atoms with Crippen molar-refractivity contribution >= 4 is 12.0 Å². The Morgan fingerprint density at radius 3 is 2.50 bits per heavy atom. The van der Waals surface area contributed by atoms with Gasteiger partial charge in [-0.1, -0.05) is 0 Å². The number of carbonyl (C=O) groups excluding carboxylic acids is 1. The van der Waals surface area contributed by atoms with Crippen LogP contribution in [0.3, 0.4) is 0 Å². The zero-order valence-electron chi connectivity index (χ0n) is 9.77. The standard InChI is InChI=1S/C10H19N3O3/c1-12-5-3-8(4-6-12)13(2)10(16)11-7-9(14)15/h8H,3-7H2,1-2H3,(H,11,16)(H,14,15). The molecule has 1 fully saturated rings. The molecule has 16 heavy (non-hydrogen) atoms. The van der Waals surface area contributed by atoms with E-state index >= 15 is 0 Å². The van der Waals surface area contributed by atoms with Gasteiger partial charge in [-0.2, -0.15) is 0 Å². The van der Waals surface area contributed by atoms with E-state index in [1.165, 1.54) is 0 Å². The van der Waals surface area contributed by atoms with Gasteiger partial charge in [0.05, 0.1) is 0 Å². The summed E-state index contributed by atoms with van der Waals surface area (Å²) in [7, 11) is 3.77. The number of hydrogen-bond donors (Lipinski definition) is 2. The van der Waals surface area contributed by atoms with Crippen LogP contribution in [-0.2, 0) is 4.79 Å². The van der Waals surface area contributed by atoms with Gasteiger partial charge in [0, 0.05) is 13.1 Å². The van der Waals surface area contributed by atoms with E-state index in [2.05, 4.69) is 17.3 Å². The van der Waals surface area contributed by atoms with Crippen molar-refractivity contribution in [2.75, 3.05) is 33.7 Å². The van der Waals surface area contributed by atoms with E-state index in [1.807, 2.05) is 0 Å². The molecule has 1 aliphatic rings. The van der Waals surface area contributed by atoms with Crippen LogP contribution in [0.1, 0.15) is 12.8 Å². The maximum Gasteiger partial charge on any atom is 0.323 e. The van der Waals surface area contributed by atoms with E-state index in [4.69, 9.17) is 5.11 Å². The fraction of sp³-hybridized carbons (Fsp3) is 0.800. The van der Waals surface area contributed by atoms with Crippen molar-refractivity contribution in [1.29, 1.82) is 0 Å². The van der Waals surface area contributed by atoms with Crippen molar-refractivity contribution in [3.8, 4) is 0 Å². The molecule has 0 spiro atoms. The van der Waals surface area contributed by atoms with Crippen molar-refractivity contribution in [1.82, 2.24) is 15.1 Å². The number of hydrogen-bond acceptors (Lipinski definition) is 3. The van der Waals surface area contributed by atoms with Crippen molar-refractivity contribution < 1.29 is 14.7 Å². The Morgan fingerprint density at radius 1 is 1.44 bits per heavy atom. The Kier molecular flexibility index (Phi) is 4.54. The van der Waals surface area contributed by atoms with Crippen LogP contribution < -0.4 is 5.32 Å². The molecule has 2 N–H and O–H groups in total. The summed E-state index contributed by atoms with van der Waals surface area (Å²) < 4.78 is 0. The van der Waals surface area contributed by atoms with Crippen LogP contribution in [0, 0.1) is 0 Å². The summed E-state index contributed by atoms with van der Waals surface area (Å²) in [6.07, 6.45) is 1.88. The molecule has 0 radical (unpaired) electrons. The second kappa shape index (κ2) is 5.69. The number of aliphatic carboxylic acids is 1. The summed E-state index contributed by atoms with van der Waals surface area (Å²) in [4.78, 5) is 25.7. The van der Waals surface area contributed by atoms with Gasteiger partial charge in [0.1, 0.15) is 6.54 Å². The Balaban J connectivity index is 2.35. The average Bonchev–Trinajstić information content (AvgIpc) is 2.26.